The molecule has 2 aromatic rings. The number of hydrogen-bond donors (Lipinski definition) is 1. The van der Waals surface area contributed by atoms with E-state index in [9.17, 15) is 4.79 Å². The maximum absolute atomic E-state index is 12.4. The van der Waals surface area contributed by atoms with Crippen LogP contribution in [-0.4, -0.2) is 34.4 Å². The van der Waals surface area contributed by atoms with Crippen LogP contribution in [0.25, 0.3) is 0 Å². The van der Waals surface area contributed by atoms with E-state index in [1.165, 1.54) is 0 Å². The van der Waals surface area contributed by atoms with Crippen LogP contribution < -0.4 is 5.32 Å². The van der Waals surface area contributed by atoms with Gasteiger partial charge in [-0.15, -0.1) is 0 Å². The Balaban J connectivity index is 2.12. The summed E-state index contributed by atoms with van der Waals surface area (Å²) in [6.07, 6.45) is 3.33. The highest BCUT2D eigenvalue weighted by atomic mass is 16.2. The van der Waals surface area contributed by atoms with Gasteiger partial charge in [0, 0.05) is 26.0 Å². The van der Waals surface area contributed by atoms with Gasteiger partial charge in [0.05, 0.1) is 17.8 Å². The van der Waals surface area contributed by atoms with Crippen molar-refractivity contribution in [2.75, 3.05) is 18.9 Å². The summed E-state index contributed by atoms with van der Waals surface area (Å²) in [4.78, 5) is 22.6. The third-order valence-corrected chi connectivity index (χ3v) is 3.01. The largest absolute Gasteiger partial charge is 0.373 e. The second-order valence-electron chi connectivity index (χ2n) is 4.32. The minimum absolute atomic E-state index is 0.0340. The summed E-state index contributed by atoms with van der Waals surface area (Å²) in [5.41, 5.74) is 1.46. The third-order valence-electron chi connectivity index (χ3n) is 3.01. The number of rotatable bonds is 5. The first-order chi connectivity index (χ1) is 9.74. The first-order valence-electron chi connectivity index (χ1n) is 6.57. The van der Waals surface area contributed by atoms with Crippen molar-refractivity contribution in [2.45, 2.75) is 13.5 Å². The lowest BCUT2D eigenvalue weighted by Gasteiger charge is -2.20. The number of carbonyl (C=O) groups is 1. The van der Waals surface area contributed by atoms with Crippen molar-refractivity contribution in [1.82, 2.24) is 14.9 Å². The predicted molar refractivity (Wildman–Crippen MR) is 78.4 cm³/mol. The Hall–Kier alpha value is -2.43. The molecule has 0 spiro atoms. The van der Waals surface area contributed by atoms with Crippen molar-refractivity contribution in [2.24, 2.45) is 0 Å². The van der Waals surface area contributed by atoms with Crippen LogP contribution in [-0.2, 0) is 6.54 Å². The standard InChI is InChI=1S/C15H18N4O/c1-3-19(11-13-6-4-5-9-17-13)15(20)12-7-8-14(16-2)18-10-12/h4-10H,3,11H2,1-2H3,(H,16,18). The van der Waals surface area contributed by atoms with Gasteiger partial charge in [-0.3, -0.25) is 9.78 Å². The van der Waals surface area contributed by atoms with Gasteiger partial charge < -0.3 is 10.2 Å². The highest BCUT2D eigenvalue weighted by molar-refractivity contribution is 5.94. The molecule has 5 nitrogen and oxygen atoms in total. The molecule has 0 atom stereocenters. The first-order valence-corrected chi connectivity index (χ1v) is 6.57. The van der Waals surface area contributed by atoms with E-state index < -0.39 is 0 Å². The molecule has 0 radical (unpaired) electrons. The van der Waals surface area contributed by atoms with Gasteiger partial charge in [0.15, 0.2) is 0 Å². The summed E-state index contributed by atoms with van der Waals surface area (Å²) in [6, 6.07) is 9.27. The van der Waals surface area contributed by atoms with Gasteiger partial charge in [0.2, 0.25) is 0 Å². The average molecular weight is 270 g/mol. The molecule has 0 aliphatic heterocycles. The van der Waals surface area contributed by atoms with Crippen molar-refractivity contribution < 1.29 is 4.79 Å². The molecular weight excluding hydrogens is 252 g/mol. The molecule has 0 saturated heterocycles. The molecule has 104 valence electrons. The molecule has 0 unspecified atom stereocenters. The monoisotopic (exact) mass is 270 g/mol. The fourth-order valence-electron chi connectivity index (χ4n) is 1.87. The number of carbonyl (C=O) groups excluding carboxylic acids is 1. The number of nitrogens with zero attached hydrogens (tertiary/aromatic N) is 3. The van der Waals surface area contributed by atoms with Crippen LogP contribution >= 0.6 is 0 Å². The van der Waals surface area contributed by atoms with Gasteiger partial charge >= 0.3 is 0 Å². The second-order valence-corrected chi connectivity index (χ2v) is 4.32. The molecule has 0 aliphatic carbocycles. The van der Waals surface area contributed by atoms with Crippen LogP contribution in [0.1, 0.15) is 23.0 Å². The van der Waals surface area contributed by atoms with E-state index in [1.807, 2.05) is 25.1 Å². The number of pyridine rings is 2. The van der Waals surface area contributed by atoms with Gasteiger partial charge in [0.25, 0.3) is 5.91 Å². The molecule has 1 N–H and O–H groups in total. The molecule has 5 heteroatoms. The van der Waals surface area contributed by atoms with Crippen molar-refractivity contribution >= 4 is 11.7 Å². The maximum Gasteiger partial charge on any atom is 0.255 e. The van der Waals surface area contributed by atoms with Crippen LogP contribution in [0.3, 0.4) is 0 Å². The average Bonchev–Trinajstić information content (AvgIpc) is 2.53. The zero-order chi connectivity index (χ0) is 14.4. The molecule has 2 rings (SSSR count). The third kappa shape index (κ3) is 3.32. The quantitative estimate of drug-likeness (QED) is 0.904. The van der Waals surface area contributed by atoms with Crippen molar-refractivity contribution in [3.63, 3.8) is 0 Å². The molecule has 0 fully saturated rings. The van der Waals surface area contributed by atoms with Crippen molar-refractivity contribution in [3.8, 4) is 0 Å². The summed E-state index contributed by atoms with van der Waals surface area (Å²) in [5.74, 6) is 0.711. The smallest absolute Gasteiger partial charge is 0.255 e. The topological polar surface area (TPSA) is 58.1 Å². The van der Waals surface area contributed by atoms with E-state index in [1.54, 1.807) is 36.5 Å². The highest BCUT2D eigenvalue weighted by Crippen LogP contribution is 2.10. The summed E-state index contributed by atoms with van der Waals surface area (Å²) in [6.45, 7) is 3.09. The Bertz CT molecular complexity index is 554. The van der Waals surface area contributed by atoms with E-state index in [-0.39, 0.29) is 5.91 Å². The molecule has 0 aromatic carbocycles. The minimum atomic E-state index is -0.0340. The maximum atomic E-state index is 12.4. The molecular formula is C15H18N4O. The van der Waals surface area contributed by atoms with E-state index in [0.717, 1.165) is 11.5 Å². The summed E-state index contributed by atoms with van der Waals surface area (Å²) >= 11 is 0. The molecule has 2 aromatic heterocycles. The van der Waals surface area contributed by atoms with Crippen molar-refractivity contribution in [3.05, 3.63) is 54.0 Å². The molecule has 0 saturated carbocycles. The van der Waals surface area contributed by atoms with Crippen LogP contribution in [0.15, 0.2) is 42.7 Å². The Morgan fingerprint density at radius 1 is 1.25 bits per heavy atom. The number of anilines is 1. The van der Waals surface area contributed by atoms with Gasteiger partial charge in [-0.2, -0.15) is 0 Å². The van der Waals surface area contributed by atoms with Crippen LogP contribution in [0.5, 0.6) is 0 Å². The zero-order valence-electron chi connectivity index (χ0n) is 11.7. The first kappa shape index (κ1) is 14.0. The zero-order valence-corrected chi connectivity index (χ0v) is 11.7. The van der Waals surface area contributed by atoms with E-state index >= 15 is 0 Å². The van der Waals surface area contributed by atoms with Crippen LogP contribution in [0.2, 0.25) is 0 Å². The second kappa shape index (κ2) is 6.65. The molecule has 1 amide bonds. The van der Waals surface area contributed by atoms with E-state index in [4.69, 9.17) is 0 Å². The summed E-state index contributed by atoms with van der Waals surface area (Å²) < 4.78 is 0. The van der Waals surface area contributed by atoms with E-state index in [2.05, 4.69) is 15.3 Å². The fourth-order valence-corrected chi connectivity index (χ4v) is 1.87. The number of aromatic nitrogens is 2. The van der Waals surface area contributed by atoms with Crippen LogP contribution in [0.4, 0.5) is 5.82 Å². The van der Waals surface area contributed by atoms with Crippen molar-refractivity contribution in [1.29, 1.82) is 0 Å². The normalized spacial score (nSPS) is 10.1. The summed E-state index contributed by atoms with van der Waals surface area (Å²) in [7, 11) is 1.79. The van der Waals surface area contributed by atoms with Gasteiger partial charge in [-0.25, -0.2) is 4.98 Å². The molecule has 2 heterocycles. The van der Waals surface area contributed by atoms with Gasteiger partial charge in [0.1, 0.15) is 5.82 Å². The lowest BCUT2D eigenvalue weighted by molar-refractivity contribution is 0.0750. The lowest BCUT2D eigenvalue weighted by Crippen LogP contribution is -2.30. The van der Waals surface area contributed by atoms with Gasteiger partial charge in [-0.05, 0) is 31.2 Å². The Kier molecular flexibility index (Phi) is 4.65. The molecule has 20 heavy (non-hydrogen) atoms. The minimum Gasteiger partial charge on any atom is -0.373 e. The van der Waals surface area contributed by atoms with Gasteiger partial charge in [-0.1, -0.05) is 6.07 Å². The number of hydrogen-bond acceptors (Lipinski definition) is 4. The summed E-state index contributed by atoms with van der Waals surface area (Å²) in [5, 5.41) is 2.93. The van der Waals surface area contributed by atoms with Crippen LogP contribution in [0, 0.1) is 0 Å². The Morgan fingerprint density at radius 3 is 2.65 bits per heavy atom. The SMILES string of the molecule is CCN(Cc1ccccn1)C(=O)c1ccc(NC)nc1. The Labute approximate surface area is 118 Å². The Morgan fingerprint density at radius 2 is 2.10 bits per heavy atom. The highest BCUT2D eigenvalue weighted by Gasteiger charge is 2.15. The number of nitrogens with one attached hydrogen (secondary N) is 1. The fraction of sp³-hybridized carbons (Fsp3) is 0.267. The lowest BCUT2D eigenvalue weighted by atomic mass is 10.2. The molecule has 0 bridgehead atoms. The number of amides is 1. The predicted octanol–water partition coefficient (Wildman–Crippen LogP) is 2.18. The molecule has 0 aliphatic rings. The van der Waals surface area contributed by atoms with E-state index in [0.29, 0.717) is 18.7 Å².